The number of aromatic hydroxyl groups is 1. The number of pyridine rings is 2. The Balaban J connectivity index is 1.82. The van der Waals surface area contributed by atoms with Gasteiger partial charge >= 0.3 is 0 Å². The van der Waals surface area contributed by atoms with Crippen molar-refractivity contribution in [1.82, 2.24) is 19.8 Å². The van der Waals surface area contributed by atoms with Gasteiger partial charge in [0.1, 0.15) is 11.3 Å². The SMILES string of the molecule is CCN1CCN([C@H](c2ccccn2)c2cc(Cl)c3cccnc3c2O)CC1. The van der Waals surface area contributed by atoms with Crippen LogP contribution in [-0.2, 0) is 0 Å². The Morgan fingerprint density at radius 2 is 1.85 bits per heavy atom. The van der Waals surface area contributed by atoms with Crippen molar-refractivity contribution in [1.29, 1.82) is 0 Å². The number of nitrogens with zero attached hydrogens (tertiary/aromatic N) is 4. The Morgan fingerprint density at radius 1 is 1.07 bits per heavy atom. The molecule has 0 aliphatic carbocycles. The fourth-order valence-electron chi connectivity index (χ4n) is 3.83. The molecular weight excluding hydrogens is 360 g/mol. The molecule has 0 unspecified atom stereocenters. The predicted octanol–water partition coefficient (Wildman–Crippen LogP) is 3.72. The number of halogens is 1. The van der Waals surface area contributed by atoms with Crippen LogP contribution >= 0.6 is 11.6 Å². The first-order valence-electron chi connectivity index (χ1n) is 9.32. The van der Waals surface area contributed by atoms with Crippen molar-refractivity contribution in [3.05, 3.63) is 65.1 Å². The summed E-state index contributed by atoms with van der Waals surface area (Å²) in [4.78, 5) is 13.8. The molecule has 140 valence electrons. The summed E-state index contributed by atoms with van der Waals surface area (Å²) < 4.78 is 0. The minimum Gasteiger partial charge on any atom is -0.505 e. The van der Waals surface area contributed by atoms with E-state index in [4.69, 9.17) is 11.6 Å². The van der Waals surface area contributed by atoms with Crippen LogP contribution in [0.1, 0.15) is 24.2 Å². The van der Waals surface area contributed by atoms with E-state index < -0.39 is 0 Å². The Hall–Kier alpha value is -2.21. The van der Waals surface area contributed by atoms with E-state index in [0.29, 0.717) is 10.5 Å². The molecule has 1 aromatic carbocycles. The summed E-state index contributed by atoms with van der Waals surface area (Å²) in [5.41, 5.74) is 2.20. The molecule has 6 heteroatoms. The summed E-state index contributed by atoms with van der Waals surface area (Å²) >= 11 is 6.55. The van der Waals surface area contributed by atoms with Gasteiger partial charge in [0.2, 0.25) is 0 Å². The number of hydrogen-bond acceptors (Lipinski definition) is 5. The van der Waals surface area contributed by atoms with Crippen LogP contribution in [0.3, 0.4) is 0 Å². The summed E-state index contributed by atoms with van der Waals surface area (Å²) in [6.45, 7) is 7.06. The Labute approximate surface area is 164 Å². The molecule has 5 nitrogen and oxygen atoms in total. The van der Waals surface area contributed by atoms with Crippen LogP contribution in [-0.4, -0.2) is 57.6 Å². The van der Waals surface area contributed by atoms with E-state index in [0.717, 1.165) is 49.4 Å². The van der Waals surface area contributed by atoms with Crippen molar-refractivity contribution in [3.63, 3.8) is 0 Å². The zero-order valence-corrected chi connectivity index (χ0v) is 16.1. The maximum atomic E-state index is 11.0. The van der Waals surface area contributed by atoms with Gasteiger partial charge in [-0.05, 0) is 36.9 Å². The molecule has 1 aliphatic rings. The fourth-order valence-corrected chi connectivity index (χ4v) is 4.10. The lowest BCUT2D eigenvalue weighted by Crippen LogP contribution is -2.47. The molecule has 3 aromatic rings. The van der Waals surface area contributed by atoms with Gasteiger partial charge < -0.3 is 10.0 Å². The number of phenols is 1. The second-order valence-electron chi connectivity index (χ2n) is 6.82. The van der Waals surface area contributed by atoms with E-state index in [1.807, 2.05) is 36.4 Å². The van der Waals surface area contributed by atoms with Crippen LogP contribution in [0.5, 0.6) is 5.75 Å². The van der Waals surface area contributed by atoms with Gasteiger partial charge in [-0.25, -0.2) is 0 Å². The van der Waals surface area contributed by atoms with Crippen molar-refractivity contribution in [2.24, 2.45) is 0 Å². The quantitative estimate of drug-likeness (QED) is 0.745. The molecule has 1 N–H and O–H groups in total. The summed E-state index contributed by atoms with van der Waals surface area (Å²) in [6, 6.07) is 11.3. The van der Waals surface area contributed by atoms with E-state index >= 15 is 0 Å². The summed E-state index contributed by atoms with van der Waals surface area (Å²) in [6.07, 6.45) is 3.47. The van der Waals surface area contributed by atoms with E-state index in [1.54, 1.807) is 12.4 Å². The number of aromatic nitrogens is 2. The Bertz CT molecular complexity index is 926. The smallest absolute Gasteiger partial charge is 0.147 e. The van der Waals surface area contributed by atoms with Gasteiger partial charge in [0.15, 0.2) is 0 Å². The van der Waals surface area contributed by atoms with Gasteiger partial charge in [-0.1, -0.05) is 24.6 Å². The number of likely N-dealkylation sites (N-methyl/N-ethyl adjacent to an activating group) is 1. The van der Waals surface area contributed by atoms with Gasteiger partial charge in [0.05, 0.1) is 16.8 Å². The first kappa shape index (κ1) is 18.2. The van der Waals surface area contributed by atoms with Gasteiger partial charge in [-0.3, -0.25) is 14.9 Å². The largest absolute Gasteiger partial charge is 0.505 e. The molecule has 0 radical (unpaired) electrons. The Kier molecular flexibility index (Phi) is 5.25. The van der Waals surface area contributed by atoms with Crippen molar-refractivity contribution in [2.45, 2.75) is 13.0 Å². The fraction of sp³-hybridized carbons (Fsp3) is 0.333. The second-order valence-corrected chi connectivity index (χ2v) is 7.23. The van der Waals surface area contributed by atoms with Gasteiger partial charge in [-0.15, -0.1) is 0 Å². The molecule has 0 saturated carbocycles. The van der Waals surface area contributed by atoms with Crippen LogP contribution in [0, 0.1) is 0 Å². The topological polar surface area (TPSA) is 52.5 Å². The number of rotatable bonds is 4. The van der Waals surface area contributed by atoms with Crippen LogP contribution in [0.25, 0.3) is 10.9 Å². The van der Waals surface area contributed by atoms with E-state index in [-0.39, 0.29) is 11.8 Å². The minimum atomic E-state index is -0.158. The molecule has 1 fully saturated rings. The molecule has 27 heavy (non-hydrogen) atoms. The summed E-state index contributed by atoms with van der Waals surface area (Å²) in [5, 5.41) is 12.4. The van der Waals surface area contributed by atoms with Crippen molar-refractivity contribution in [3.8, 4) is 5.75 Å². The van der Waals surface area contributed by atoms with Crippen molar-refractivity contribution in [2.75, 3.05) is 32.7 Å². The highest BCUT2D eigenvalue weighted by atomic mass is 35.5. The molecule has 1 atom stereocenters. The van der Waals surface area contributed by atoms with Crippen LogP contribution in [0.15, 0.2) is 48.8 Å². The molecule has 0 spiro atoms. The van der Waals surface area contributed by atoms with Crippen LogP contribution in [0.2, 0.25) is 5.02 Å². The third-order valence-corrected chi connectivity index (χ3v) is 5.64. The molecule has 0 amide bonds. The highest BCUT2D eigenvalue weighted by Crippen LogP contribution is 2.40. The van der Waals surface area contributed by atoms with Crippen molar-refractivity contribution < 1.29 is 5.11 Å². The third-order valence-electron chi connectivity index (χ3n) is 5.33. The monoisotopic (exact) mass is 382 g/mol. The number of phenolic OH excluding ortho intramolecular Hbond substituents is 1. The highest BCUT2D eigenvalue weighted by molar-refractivity contribution is 6.35. The number of benzene rings is 1. The standard InChI is InChI=1S/C21H23ClN4O/c1-2-25-10-12-26(13-11-25)20(18-7-3-4-8-23-18)16-14-17(22)15-6-5-9-24-19(15)21(16)27/h3-9,14,20,27H,2,10-13H2,1H3/t20-/m0/s1. The molecule has 0 bridgehead atoms. The number of fused-ring (bicyclic) bond motifs is 1. The van der Waals surface area contributed by atoms with Crippen LogP contribution in [0.4, 0.5) is 0 Å². The first-order valence-corrected chi connectivity index (χ1v) is 9.70. The minimum absolute atomic E-state index is 0.158. The molecule has 4 rings (SSSR count). The molecule has 1 saturated heterocycles. The first-order chi connectivity index (χ1) is 13.2. The summed E-state index contributed by atoms with van der Waals surface area (Å²) in [7, 11) is 0. The normalized spacial score (nSPS) is 17.3. The van der Waals surface area contributed by atoms with E-state index in [2.05, 4.69) is 26.7 Å². The zero-order chi connectivity index (χ0) is 18.8. The molecular formula is C21H23ClN4O. The number of hydrogen-bond donors (Lipinski definition) is 1. The predicted molar refractivity (Wildman–Crippen MR) is 108 cm³/mol. The van der Waals surface area contributed by atoms with Gasteiger partial charge in [-0.2, -0.15) is 0 Å². The lowest BCUT2D eigenvalue weighted by molar-refractivity contribution is 0.111. The van der Waals surface area contributed by atoms with E-state index in [1.165, 1.54) is 0 Å². The van der Waals surface area contributed by atoms with E-state index in [9.17, 15) is 5.11 Å². The Morgan fingerprint density at radius 3 is 2.56 bits per heavy atom. The third kappa shape index (κ3) is 3.50. The lowest BCUT2D eigenvalue weighted by Gasteiger charge is -2.39. The maximum absolute atomic E-state index is 11.0. The number of piperazine rings is 1. The van der Waals surface area contributed by atoms with Gasteiger partial charge in [0.25, 0.3) is 0 Å². The maximum Gasteiger partial charge on any atom is 0.147 e. The second kappa shape index (κ2) is 7.80. The van der Waals surface area contributed by atoms with Crippen molar-refractivity contribution >= 4 is 22.5 Å². The summed E-state index contributed by atoms with van der Waals surface area (Å²) in [5.74, 6) is 0.184. The lowest BCUT2D eigenvalue weighted by atomic mass is 9.97. The molecule has 2 aromatic heterocycles. The highest BCUT2D eigenvalue weighted by Gasteiger charge is 2.30. The average Bonchev–Trinajstić information content (AvgIpc) is 2.73. The van der Waals surface area contributed by atoms with Crippen LogP contribution < -0.4 is 0 Å². The van der Waals surface area contributed by atoms with Gasteiger partial charge in [0, 0.05) is 49.5 Å². The zero-order valence-electron chi connectivity index (χ0n) is 15.3. The average molecular weight is 383 g/mol. The molecule has 1 aliphatic heterocycles. The molecule has 3 heterocycles.